The summed E-state index contributed by atoms with van der Waals surface area (Å²) in [6.07, 6.45) is 0.596. The molecule has 1 N–H and O–H groups in total. The molecule has 6 rings (SSSR count). The van der Waals surface area contributed by atoms with Crippen molar-refractivity contribution < 1.29 is 32.5 Å². The van der Waals surface area contributed by atoms with Crippen LogP contribution in [0.5, 0.6) is 5.88 Å². The van der Waals surface area contributed by atoms with Gasteiger partial charge in [0.25, 0.3) is 0 Å². The first-order chi connectivity index (χ1) is 20.8. The first-order valence-electron chi connectivity index (χ1n) is 13.3. The predicted octanol–water partition coefficient (Wildman–Crippen LogP) is 5.44. The minimum atomic E-state index is -1.19. The highest BCUT2D eigenvalue weighted by molar-refractivity contribution is 5.88. The van der Waals surface area contributed by atoms with Crippen LogP contribution in [-0.2, 0) is 24.3 Å². The molecular formula is C31H22F3N5O4. The number of halogens is 3. The number of rotatable bonds is 9. The molecule has 2 aromatic carbocycles. The van der Waals surface area contributed by atoms with E-state index in [0.29, 0.717) is 30.1 Å². The fourth-order valence-electron chi connectivity index (χ4n) is 4.75. The third kappa shape index (κ3) is 5.75. The molecular weight excluding hydrogens is 563 g/mol. The molecule has 0 spiro atoms. The van der Waals surface area contributed by atoms with Crippen molar-refractivity contribution in [3.05, 3.63) is 106 Å². The molecule has 3 aromatic heterocycles. The van der Waals surface area contributed by atoms with Crippen LogP contribution in [0.2, 0.25) is 0 Å². The summed E-state index contributed by atoms with van der Waals surface area (Å²) in [4.78, 5) is 24.5. The lowest BCUT2D eigenvalue weighted by atomic mass is 10.0. The lowest BCUT2D eigenvalue weighted by Crippen LogP contribution is -2.32. The second-order valence-corrected chi connectivity index (χ2v) is 9.93. The highest BCUT2D eigenvalue weighted by Crippen LogP contribution is 2.28. The van der Waals surface area contributed by atoms with Crippen LogP contribution >= 0.6 is 0 Å². The Morgan fingerprint density at radius 2 is 1.84 bits per heavy atom. The number of hydrogen-bond donors (Lipinski definition) is 1. The van der Waals surface area contributed by atoms with Crippen molar-refractivity contribution in [1.29, 1.82) is 5.26 Å². The van der Waals surface area contributed by atoms with E-state index in [-0.39, 0.29) is 58.7 Å². The van der Waals surface area contributed by atoms with Gasteiger partial charge in [0.1, 0.15) is 35.4 Å². The normalized spacial score (nSPS) is 14.3. The van der Waals surface area contributed by atoms with Gasteiger partial charge in [-0.2, -0.15) is 5.26 Å². The summed E-state index contributed by atoms with van der Waals surface area (Å²) in [7, 11) is 0. The van der Waals surface area contributed by atoms with E-state index >= 15 is 8.78 Å². The van der Waals surface area contributed by atoms with Crippen LogP contribution in [0.15, 0.2) is 60.7 Å². The van der Waals surface area contributed by atoms with Gasteiger partial charge >= 0.3 is 5.97 Å². The number of ether oxygens (including phenoxy) is 2. The van der Waals surface area contributed by atoms with Crippen molar-refractivity contribution in [2.24, 2.45) is 0 Å². The number of nitriles is 1. The van der Waals surface area contributed by atoms with Crippen LogP contribution in [0.3, 0.4) is 0 Å². The summed E-state index contributed by atoms with van der Waals surface area (Å²) in [6, 6.07) is 15.4. The van der Waals surface area contributed by atoms with E-state index in [1.54, 1.807) is 10.6 Å². The Morgan fingerprint density at radius 3 is 2.56 bits per heavy atom. The molecule has 9 nitrogen and oxygen atoms in total. The highest BCUT2D eigenvalue weighted by Gasteiger charge is 2.24. The Morgan fingerprint density at radius 1 is 1.02 bits per heavy atom. The summed E-state index contributed by atoms with van der Waals surface area (Å²) < 4.78 is 57.8. The maximum absolute atomic E-state index is 15.4. The van der Waals surface area contributed by atoms with Crippen molar-refractivity contribution >= 4 is 17.1 Å². The van der Waals surface area contributed by atoms with Crippen LogP contribution in [-0.4, -0.2) is 43.3 Å². The molecule has 0 bridgehead atoms. The molecule has 4 heterocycles. The summed E-state index contributed by atoms with van der Waals surface area (Å²) in [5.41, 5.74) is 1.03. The standard InChI is InChI=1S/C31H22F3N5O4/c32-22-10-17(14-35)4-5-18(22)16-43-29-3-1-2-25(37-29)21-13-23(33)19(11-24(21)34)12-28-36-26-6-7-27(31(40)41)38-30(26)39(28)15-20-8-9-42-20/h1-7,10-11,13,20H,8-9,12,15-16H2,(H,40,41). The molecule has 43 heavy (non-hydrogen) atoms. The number of imidazole rings is 1. The van der Waals surface area contributed by atoms with Crippen molar-refractivity contribution in [2.45, 2.75) is 32.1 Å². The first-order valence-corrected chi connectivity index (χ1v) is 13.3. The zero-order valence-electron chi connectivity index (χ0n) is 22.4. The quantitative estimate of drug-likeness (QED) is 0.243. The zero-order chi connectivity index (χ0) is 30.1. The molecule has 0 radical (unpaired) electrons. The number of aromatic nitrogens is 4. The van der Waals surface area contributed by atoms with Crippen LogP contribution in [0.25, 0.3) is 22.4 Å². The van der Waals surface area contributed by atoms with Crippen molar-refractivity contribution in [2.75, 3.05) is 6.61 Å². The Kier molecular flexibility index (Phi) is 7.48. The van der Waals surface area contributed by atoms with Gasteiger partial charge in [-0.25, -0.2) is 32.9 Å². The predicted molar refractivity (Wildman–Crippen MR) is 147 cm³/mol. The number of carboxylic acid groups (broad SMARTS) is 1. The van der Waals surface area contributed by atoms with Crippen LogP contribution < -0.4 is 4.74 Å². The molecule has 0 aliphatic carbocycles. The molecule has 5 aromatic rings. The van der Waals surface area contributed by atoms with Gasteiger partial charge in [0.2, 0.25) is 5.88 Å². The second-order valence-electron chi connectivity index (χ2n) is 9.93. The number of nitrogens with zero attached hydrogens (tertiary/aromatic N) is 5. The van der Waals surface area contributed by atoms with Gasteiger partial charge in [-0.15, -0.1) is 0 Å². The Hall–Kier alpha value is -5.28. The van der Waals surface area contributed by atoms with Gasteiger partial charge in [0.05, 0.1) is 30.0 Å². The van der Waals surface area contributed by atoms with Crippen molar-refractivity contribution in [1.82, 2.24) is 19.5 Å². The summed E-state index contributed by atoms with van der Waals surface area (Å²) in [6.45, 7) is 0.765. The zero-order valence-corrected chi connectivity index (χ0v) is 22.4. The Labute approximate surface area is 242 Å². The Balaban J connectivity index is 1.26. The minimum Gasteiger partial charge on any atom is -0.477 e. The molecule has 1 aliphatic heterocycles. The summed E-state index contributed by atoms with van der Waals surface area (Å²) >= 11 is 0. The van der Waals surface area contributed by atoms with Gasteiger partial charge in [-0.1, -0.05) is 12.1 Å². The van der Waals surface area contributed by atoms with E-state index in [4.69, 9.17) is 14.7 Å². The van der Waals surface area contributed by atoms with E-state index in [0.717, 1.165) is 24.6 Å². The SMILES string of the molecule is N#Cc1ccc(COc2cccc(-c3cc(F)c(Cc4nc5ccc(C(=O)O)nc5n4CC4CCO4)cc3F)n2)c(F)c1. The van der Waals surface area contributed by atoms with Crippen molar-refractivity contribution in [3.8, 4) is 23.2 Å². The maximum Gasteiger partial charge on any atom is 0.354 e. The van der Waals surface area contributed by atoms with Gasteiger partial charge in [-0.3, -0.25) is 0 Å². The van der Waals surface area contributed by atoms with E-state index in [2.05, 4.69) is 15.0 Å². The maximum atomic E-state index is 15.4. The second kappa shape index (κ2) is 11.5. The molecule has 0 amide bonds. The number of hydrogen-bond acceptors (Lipinski definition) is 7. The first kappa shape index (κ1) is 27.9. The molecule has 1 saturated heterocycles. The van der Waals surface area contributed by atoms with Gasteiger partial charge in [0, 0.05) is 30.2 Å². The number of pyridine rings is 2. The molecule has 1 aliphatic rings. The number of benzene rings is 2. The number of aromatic carboxylic acids is 1. The van der Waals surface area contributed by atoms with E-state index in [9.17, 15) is 14.3 Å². The molecule has 216 valence electrons. The van der Waals surface area contributed by atoms with Crippen LogP contribution in [0, 0.1) is 28.8 Å². The minimum absolute atomic E-state index is 0.0366. The van der Waals surface area contributed by atoms with E-state index in [1.165, 1.54) is 36.4 Å². The average Bonchev–Trinajstić information content (AvgIpc) is 3.31. The number of carbonyl (C=O) groups is 1. The molecule has 1 fully saturated rings. The molecule has 0 saturated carbocycles. The third-order valence-electron chi connectivity index (χ3n) is 7.11. The Bertz CT molecular complexity index is 1920. The molecule has 1 atom stereocenters. The number of fused-ring (bicyclic) bond motifs is 1. The fraction of sp³-hybridized carbons (Fsp3) is 0.194. The molecule has 12 heteroatoms. The summed E-state index contributed by atoms with van der Waals surface area (Å²) in [5.74, 6) is -2.76. The van der Waals surface area contributed by atoms with Gasteiger partial charge in [-0.05, 0) is 54.4 Å². The largest absolute Gasteiger partial charge is 0.477 e. The third-order valence-corrected chi connectivity index (χ3v) is 7.11. The smallest absolute Gasteiger partial charge is 0.354 e. The highest BCUT2D eigenvalue weighted by atomic mass is 19.1. The van der Waals surface area contributed by atoms with Crippen LogP contribution in [0.1, 0.15) is 39.4 Å². The van der Waals surface area contributed by atoms with E-state index < -0.39 is 23.4 Å². The molecule has 1 unspecified atom stereocenters. The van der Waals surface area contributed by atoms with Crippen molar-refractivity contribution in [3.63, 3.8) is 0 Å². The number of carboxylic acids is 1. The summed E-state index contributed by atoms with van der Waals surface area (Å²) in [5, 5.41) is 18.3. The lowest BCUT2D eigenvalue weighted by molar-refractivity contribution is -0.0590. The topological polar surface area (TPSA) is 123 Å². The van der Waals surface area contributed by atoms with Gasteiger partial charge < -0.3 is 19.1 Å². The fourth-order valence-corrected chi connectivity index (χ4v) is 4.75. The van der Waals surface area contributed by atoms with Gasteiger partial charge in [0.15, 0.2) is 11.3 Å². The van der Waals surface area contributed by atoms with Crippen LogP contribution in [0.4, 0.5) is 13.2 Å². The van der Waals surface area contributed by atoms with E-state index in [1.807, 2.05) is 6.07 Å². The monoisotopic (exact) mass is 585 g/mol. The lowest BCUT2D eigenvalue weighted by Gasteiger charge is -2.27. The average molecular weight is 586 g/mol.